The number of nitrogens with zero attached hydrogens (tertiary/aromatic N) is 4. The summed E-state index contributed by atoms with van der Waals surface area (Å²) in [5.74, 6) is -0.455. The molecule has 1 amide bonds. The fourth-order valence-corrected chi connectivity index (χ4v) is 3.34. The van der Waals surface area contributed by atoms with Crippen molar-refractivity contribution in [3.63, 3.8) is 0 Å². The summed E-state index contributed by atoms with van der Waals surface area (Å²) in [6.07, 6.45) is -9.16. The van der Waals surface area contributed by atoms with Crippen molar-refractivity contribution in [2.45, 2.75) is 52.6 Å². The molecule has 3 aromatic rings. The quantitative estimate of drug-likeness (QED) is 0.506. The maximum atomic E-state index is 12.9. The Bertz CT molecular complexity index is 1160. The second-order valence-electron chi connectivity index (χ2n) is 7.59. The summed E-state index contributed by atoms with van der Waals surface area (Å²) >= 11 is 0. The molecule has 3 rings (SSSR count). The summed E-state index contributed by atoms with van der Waals surface area (Å²) in [6, 6.07) is 5.79. The number of anilines is 1. The highest BCUT2D eigenvalue weighted by atomic mass is 19.4. The van der Waals surface area contributed by atoms with Gasteiger partial charge in [0.1, 0.15) is 0 Å². The van der Waals surface area contributed by atoms with Crippen molar-refractivity contribution in [3.8, 4) is 0 Å². The van der Waals surface area contributed by atoms with Crippen LogP contribution < -0.4 is 5.32 Å². The van der Waals surface area contributed by atoms with Gasteiger partial charge in [-0.25, -0.2) is 0 Å². The number of rotatable bonds is 6. The monoisotopic (exact) mass is 473 g/mol. The van der Waals surface area contributed by atoms with Crippen molar-refractivity contribution in [2.75, 3.05) is 5.32 Å². The van der Waals surface area contributed by atoms with Gasteiger partial charge in [-0.15, -0.1) is 0 Å². The molecule has 0 bridgehead atoms. The van der Waals surface area contributed by atoms with Gasteiger partial charge in [-0.2, -0.15) is 36.5 Å². The first kappa shape index (κ1) is 24.3. The molecule has 0 saturated heterocycles. The highest BCUT2D eigenvalue weighted by Crippen LogP contribution is 2.30. The Morgan fingerprint density at radius 2 is 1.67 bits per heavy atom. The van der Waals surface area contributed by atoms with Crippen LogP contribution in [0.3, 0.4) is 0 Å². The fourth-order valence-electron chi connectivity index (χ4n) is 3.34. The topological polar surface area (TPSA) is 64.7 Å². The molecule has 1 aromatic carbocycles. The van der Waals surface area contributed by atoms with Gasteiger partial charge in [0.2, 0.25) is 5.91 Å². The van der Waals surface area contributed by atoms with E-state index in [9.17, 15) is 31.1 Å². The third kappa shape index (κ3) is 5.74. The summed E-state index contributed by atoms with van der Waals surface area (Å²) in [5.41, 5.74) is 0.274. The number of halogens is 6. The number of carbonyl (C=O) groups excluding carboxylic acids is 1. The normalized spacial score (nSPS) is 12.3. The van der Waals surface area contributed by atoms with Crippen molar-refractivity contribution in [1.82, 2.24) is 19.6 Å². The van der Waals surface area contributed by atoms with E-state index in [1.54, 1.807) is 19.9 Å². The smallest absolute Gasteiger partial charge is 0.323 e. The molecule has 178 valence electrons. The molecule has 0 saturated carbocycles. The van der Waals surface area contributed by atoms with Crippen molar-refractivity contribution in [2.24, 2.45) is 0 Å². The molecular formula is C21H21F6N5O. The highest BCUT2D eigenvalue weighted by molar-refractivity contribution is 5.91. The lowest BCUT2D eigenvalue weighted by Crippen LogP contribution is -2.17. The van der Waals surface area contributed by atoms with E-state index in [2.05, 4.69) is 15.5 Å². The van der Waals surface area contributed by atoms with E-state index >= 15 is 0 Å². The molecule has 2 aromatic heterocycles. The van der Waals surface area contributed by atoms with Crippen LogP contribution >= 0.6 is 0 Å². The molecule has 0 aliphatic rings. The number of carbonyl (C=O) groups is 1. The van der Waals surface area contributed by atoms with Crippen LogP contribution in [-0.2, 0) is 30.2 Å². The summed E-state index contributed by atoms with van der Waals surface area (Å²) in [4.78, 5) is 12.4. The number of aromatic nitrogens is 4. The molecule has 0 fully saturated rings. The largest absolute Gasteiger partial charge is 0.435 e. The van der Waals surface area contributed by atoms with Crippen LogP contribution in [0.2, 0.25) is 0 Å². The van der Waals surface area contributed by atoms with Crippen LogP contribution in [0.1, 0.15) is 40.3 Å². The third-order valence-corrected chi connectivity index (χ3v) is 5.05. The van der Waals surface area contributed by atoms with Crippen LogP contribution in [0.25, 0.3) is 0 Å². The van der Waals surface area contributed by atoms with Gasteiger partial charge in [0.05, 0.1) is 29.2 Å². The standard InChI is InChI=1S/C21H21F6N5O/c1-12-9-17(21(25,26)27)30-31(12)8-7-18(33)28-19-13(2)29-32(14(19)3)11-15-5-4-6-16(10-15)20(22,23)24/h4-6,9-10H,7-8,11H2,1-3H3,(H,28,33). The maximum absolute atomic E-state index is 12.9. The average Bonchev–Trinajstić information content (AvgIpc) is 3.21. The number of aryl methyl sites for hydroxylation is 3. The predicted octanol–water partition coefficient (Wildman–Crippen LogP) is 5.12. The minimum atomic E-state index is -4.57. The van der Waals surface area contributed by atoms with Crippen molar-refractivity contribution >= 4 is 11.6 Å². The fraction of sp³-hybridized carbons (Fsp3) is 0.381. The minimum Gasteiger partial charge on any atom is -0.323 e. The summed E-state index contributed by atoms with van der Waals surface area (Å²) in [5, 5.41) is 10.5. The zero-order valence-electron chi connectivity index (χ0n) is 18.0. The van der Waals surface area contributed by atoms with E-state index in [4.69, 9.17) is 0 Å². The van der Waals surface area contributed by atoms with Gasteiger partial charge in [-0.1, -0.05) is 12.1 Å². The first-order valence-corrected chi connectivity index (χ1v) is 9.87. The van der Waals surface area contributed by atoms with Gasteiger partial charge < -0.3 is 5.32 Å². The maximum Gasteiger partial charge on any atom is 0.435 e. The first-order valence-electron chi connectivity index (χ1n) is 9.87. The number of alkyl halides is 6. The van der Waals surface area contributed by atoms with Crippen molar-refractivity contribution < 1.29 is 31.1 Å². The zero-order chi connectivity index (χ0) is 24.6. The first-order chi connectivity index (χ1) is 15.3. The lowest BCUT2D eigenvalue weighted by atomic mass is 10.1. The summed E-state index contributed by atoms with van der Waals surface area (Å²) in [6.45, 7) is 4.78. The van der Waals surface area contributed by atoms with Crippen LogP contribution in [0.15, 0.2) is 30.3 Å². The van der Waals surface area contributed by atoms with Gasteiger partial charge in [0.15, 0.2) is 5.69 Å². The molecule has 33 heavy (non-hydrogen) atoms. The molecule has 0 aliphatic carbocycles. The van der Waals surface area contributed by atoms with E-state index in [-0.39, 0.29) is 25.2 Å². The Morgan fingerprint density at radius 3 is 2.27 bits per heavy atom. The van der Waals surface area contributed by atoms with E-state index in [0.29, 0.717) is 22.6 Å². The zero-order valence-corrected chi connectivity index (χ0v) is 18.0. The molecule has 2 heterocycles. The number of nitrogens with one attached hydrogen (secondary N) is 1. The highest BCUT2D eigenvalue weighted by Gasteiger charge is 2.34. The Labute approximate surface area is 185 Å². The van der Waals surface area contributed by atoms with Gasteiger partial charge in [0.25, 0.3) is 0 Å². The molecule has 0 spiro atoms. The van der Waals surface area contributed by atoms with E-state index in [1.165, 1.54) is 17.7 Å². The number of benzene rings is 1. The Balaban J connectivity index is 1.68. The average molecular weight is 473 g/mol. The number of hydrogen-bond acceptors (Lipinski definition) is 3. The molecule has 0 atom stereocenters. The Hall–Kier alpha value is -3.31. The molecule has 1 N–H and O–H groups in total. The Kier molecular flexibility index (Phi) is 6.57. The third-order valence-electron chi connectivity index (χ3n) is 5.05. The van der Waals surface area contributed by atoms with E-state index in [1.807, 2.05) is 0 Å². The van der Waals surface area contributed by atoms with Gasteiger partial charge in [0, 0.05) is 18.7 Å². The predicted molar refractivity (Wildman–Crippen MR) is 107 cm³/mol. The summed E-state index contributed by atoms with van der Waals surface area (Å²) < 4.78 is 79.8. The molecule has 6 nitrogen and oxygen atoms in total. The molecule has 0 aliphatic heterocycles. The number of hydrogen-bond donors (Lipinski definition) is 1. The van der Waals surface area contributed by atoms with Gasteiger partial charge >= 0.3 is 12.4 Å². The molecule has 0 unspecified atom stereocenters. The second kappa shape index (κ2) is 8.91. The lowest BCUT2D eigenvalue weighted by molar-refractivity contribution is -0.141. The van der Waals surface area contributed by atoms with Gasteiger partial charge in [-0.3, -0.25) is 14.2 Å². The molecule has 12 heteroatoms. The van der Waals surface area contributed by atoms with Crippen LogP contribution in [-0.4, -0.2) is 25.5 Å². The molecular weight excluding hydrogens is 452 g/mol. The summed E-state index contributed by atoms with van der Waals surface area (Å²) in [7, 11) is 0. The second-order valence-corrected chi connectivity index (χ2v) is 7.59. The SMILES string of the molecule is Cc1nn(Cc2cccc(C(F)(F)F)c2)c(C)c1NC(=O)CCn1nc(C(F)(F)F)cc1C. The van der Waals surface area contributed by atoms with E-state index < -0.39 is 29.5 Å². The van der Waals surface area contributed by atoms with Crippen molar-refractivity contribution in [1.29, 1.82) is 0 Å². The lowest BCUT2D eigenvalue weighted by Gasteiger charge is -2.10. The Morgan fingerprint density at radius 1 is 0.970 bits per heavy atom. The van der Waals surface area contributed by atoms with Crippen LogP contribution in [0, 0.1) is 20.8 Å². The minimum absolute atomic E-state index is 0.0514. The van der Waals surface area contributed by atoms with Crippen LogP contribution in [0.5, 0.6) is 0 Å². The van der Waals surface area contributed by atoms with E-state index in [0.717, 1.165) is 22.9 Å². The van der Waals surface area contributed by atoms with Crippen LogP contribution in [0.4, 0.5) is 32.0 Å². The number of amides is 1. The molecule has 0 radical (unpaired) electrons. The van der Waals surface area contributed by atoms with Gasteiger partial charge in [-0.05, 0) is 44.5 Å². The van der Waals surface area contributed by atoms with Crippen molar-refractivity contribution in [3.05, 3.63) is 64.2 Å².